The summed E-state index contributed by atoms with van der Waals surface area (Å²) in [5.41, 5.74) is 2.93. The molecule has 9 nitrogen and oxygen atoms in total. The summed E-state index contributed by atoms with van der Waals surface area (Å²) in [6, 6.07) is 15.5. The number of carbonyl (C=O) groups is 2. The molecule has 9 heteroatoms. The monoisotopic (exact) mass is 431 g/mol. The van der Waals surface area contributed by atoms with E-state index >= 15 is 0 Å². The molecule has 1 aliphatic heterocycles. The third kappa shape index (κ3) is 3.87. The zero-order valence-corrected chi connectivity index (χ0v) is 17.3. The summed E-state index contributed by atoms with van der Waals surface area (Å²) in [6.07, 6.45) is 5.57. The molecule has 0 aliphatic carbocycles. The van der Waals surface area contributed by atoms with Crippen molar-refractivity contribution in [2.75, 3.05) is 6.61 Å². The number of pyridine rings is 1. The van der Waals surface area contributed by atoms with E-state index < -0.39 is 5.54 Å². The van der Waals surface area contributed by atoms with Crippen molar-refractivity contribution in [2.24, 2.45) is 0 Å². The highest BCUT2D eigenvalue weighted by atomic mass is 16.5. The molecule has 1 atom stereocenters. The first-order valence-corrected chi connectivity index (χ1v) is 9.93. The van der Waals surface area contributed by atoms with Crippen LogP contribution in [-0.4, -0.2) is 43.7 Å². The van der Waals surface area contributed by atoms with E-state index in [9.17, 15) is 4.79 Å². The van der Waals surface area contributed by atoms with E-state index in [0.29, 0.717) is 35.8 Å². The summed E-state index contributed by atoms with van der Waals surface area (Å²) >= 11 is 0. The average molecular weight is 431 g/mol. The SMILES string of the molecule is Cc1ccc([C@@]2(NC(=O)c3cn4ncccc4n3)CCOc3cccnc32)cc1.O=CO. The van der Waals surface area contributed by atoms with Gasteiger partial charge in [0.15, 0.2) is 5.65 Å². The third-order valence-electron chi connectivity index (χ3n) is 5.25. The number of nitrogens with one attached hydrogen (secondary N) is 1. The van der Waals surface area contributed by atoms with Gasteiger partial charge in [0.2, 0.25) is 0 Å². The predicted molar refractivity (Wildman–Crippen MR) is 115 cm³/mol. The molecule has 1 amide bonds. The van der Waals surface area contributed by atoms with Crippen molar-refractivity contribution >= 4 is 18.0 Å². The molecule has 0 bridgehead atoms. The first-order valence-electron chi connectivity index (χ1n) is 9.93. The molecule has 0 unspecified atom stereocenters. The van der Waals surface area contributed by atoms with E-state index in [1.54, 1.807) is 29.2 Å². The van der Waals surface area contributed by atoms with Crippen molar-refractivity contribution in [1.29, 1.82) is 0 Å². The van der Waals surface area contributed by atoms with Crippen molar-refractivity contribution < 1.29 is 19.4 Å². The molecule has 0 saturated heterocycles. The fraction of sp³-hybridized carbons (Fsp3) is 0.174. The van der Waals surface area contributed by atoms with Gasteiger partial charge in [0.1, 0.15) is 22.7 Å². The van der Waals surface area contributed by atoms with E-state index in [0.717, 1.165) is 11.1 Å². The first kappa shape index (κ1) is 21.0. The summed E-state index contributed by atoms with van der Waals surface area (Å²) in [4.78, 5) is 30.6. The Morgan fingerprint density at radius 3 is 2.69 bits per heavy atom. The highest BCUT2D eigenvalue weighted by molar-refractivity contribution is 5.94. The molecule has 0 radical (unpaired) electrons. The minimum absolute atomic E-state index is 0.250. The largest absolute Gasteiger partial charge is 0.491 e. The Bertz CT molecular complexity index is 1220. The summed E-state index contributed by atoms with van der Waals surface area (Å²) in [5, 5.41) is 14.3. The maximum atomic E-state index is 13.3. The van der Waals surface area contributed by atoms with Gasteiger partial charge >= 0.3 is 0 Å². The Morgan fingerprint density at radius 2 is 1.94 bits per heavy atom. The quantitative estimate of drug-likeness (QED) is 0.479. The van der Waals surface area contributed by atoms with E-state index in [1.807, 2.05) is 49.4 Å². The Morgan fingerprint density at radius 1 is 1.19 bits per heavy atom. The Kier molecular flexibility index (Phi) is 5.80. The molecule has 0 spiro atoms. The summed E-state index contributed by atoms with van der Waals surface area (Å²) in [5.74, 6) is 0.394. The summed E-state index contributed by atoms with van der Waals surface area (Å²) < 4.78 is 7.40. The van der Waals surface area contributed by atoms with Gasteiger partial charge in [0, 0.05) is 18.8 Å². The van der Waals surface area contributed by atoms with Crippen LogP contribution in [0.3, 0.4) is 0 Å². The highest BCUT2D eigenvalue weighted by Gasteiger charge is 2.42. The van der Waals surface area contributed by atoms with Gasteiger partial charge in [-0.25, -0.2) is 9.50 Å². The van der Waals surface area contributed by atoms with Gasteiger partial charge in [0.05, 0.1) is 12.8 Å². The van der Waals surface area contributed by atoms with Crippen LogP contribution in [-0.2, 0) is 10.3 Å². The van der Waals surface area contributed by atoms with Crippen LogP contribution in [0.4, 0.5) is 0 Å². The van der Waals surface area contributed by atoms with E-state index in [1.165, 1.54) is 0 Å². The van der Waals surface area contributed by atoms with Gasteiger partial charge in [-0.3, -0.25) is 14.6 Å². The zero-order valence-electron chi connectivity index (χ0n) is 17.3. The molecule has 4 heterocycles. The normalized spacial score (nSPS) is 16.8. The predicted octanol–water partition coefficient (Wildman–Crippen LogP) is 2.59. The number of benzene rings is 1. The minimum atomic E-state index is -0.803. The summed E-state index contributed by atoms with van der Waals surface area (Å²) in [7, 11) is 0. The second-order valence-corrected chi connectivity index (χ2v) is 7.23. The van der Waals surface area contributed by atoms with Gasteiger partial charge in [0.25, 0.3) is 12.4 Å². The number of nitrogens with zero attached hydrogens (tertiary/aromatic N) is 4. The molecule has 1 aliphatic rings. The maximum Gasteiger partial charge on any atom is 0.290 e. The molecule has 5 rings (SSSR count). The van der Waals surface area contributed by atoms with Crippen molar-refractivity contribution in [1.82, 2.24) is 24.9 Å². The molecule has 162 valence electrons. The van der Waals surface area contributed by atoms with Crippen molar-refractivity contribution in [3.8, 4) is 5.75 Å². The standard InChI is InChI=1S/C22H19N5O2.CH2O2/c1-15-6-8-16(9-7-15)22(10-13-29-18-4-2-11-23-20(18)22)26-21(28)17-14-27-19(25-17)5-3-12-24-27;2-1-3/h2-9,11-12,14H,10,13H2,1H3,(H,26,28);1H,(H,2,3)/t22-;/m0./s1. The van der Waals surface area contributed by atoms with Crippen LogP contribution in [0.2, 0.25) is 0 Å². The fourth-order valence-corrected chi connectivity index (χ4v) is 3.77. The number of aromatic nitrogens is 4. The Balaban J connectivity index is 0.000000775. The Labute approximate surface area is 183 Å². The maximum absolute atomic E-state index is 13.3. The van der Waals surface area contributed by atoms with Gasteiger partial charge in [-0.2, -0.15) is 5.10 Å². The zero-order chi connectivity index (χ0) is 22.6. The van der Waals surface area contributed by atoms with Crippen LogP contribution in [0, 0.1) is 6.92 Å². The van der Waals surface area contributed by atoms with Gasteiger partial charge < -0.3 is 15.2 Å². The summed E-state index contributed by atoms with van der Waals surface area (Å²) in [6.45, 7) is 2.26. The van der Waals surface area contributed by atoms with Gasteiger partial charge in [-0.05, 0) is 36.8 Å². The average Bonchev–Trinajstić information content (AvgIpc) is 3.25. The minimum Gasteiger partial charge on any atom is -0.491 e. The van der Waals surface area contributed by atoms with Crippen LogP contribution in [0.1, 0.15) is 33.7 Å². The lowest BCUT2D eigenvalue weighted by Crippen LogP contribution is -2.50. The molecule has 0 saturated carbocycles. The number of imidazole rings is 1. The van der Waals surface area contributed by atoms with Gasteiger partial charge in [-0.15, -0.1) is 0 Å². The molecular formula is C23H21N5O4. The molecule has 3 aromatic heterocycles. The molecule has 2 N–H and O–H groups in total. The van der Waals surface area contributed by atoms with Crippen LogP contribution in [0.5, 0.6) is 5.75 Å². The Hall–Kier alpha value is -4.27. The van der Waals surface area contributed by atoms with Gasteiger partial charge in [-0.1, -0.05) is 29.8 Å². The molecule has 1 aromatic carbocycles. The number of carbonyl (C=O) groups excluding carboxylic acids is 1. The van der Waals surface area contributed by atoms with E-state index in [2.05, 4.69) is 20.4 Å². The van der Waals surface area contributed by atoms with Crippen molar-refractivity contribution in [3.05, 3.63) is 89.6 Å². The van der Waals surface area contributed by atoms with Crippen LogP contribution < -0.4 is 10.1 Å². The van der Waals surface area contributed by atoms with E-state index in [4.69, 9.17) is 14.6 Å². The molecular weight excluding hydrogens is 410 g/mol. The number of fused-ring (bicyclic) bond motifs is 2. The van der Waals surface area contributed by atoms with Crippen molar-refractivity contribution in [2.45, 2.75) is 18.9 Å². The second kappa shape index (κ2) is 8.84. The van der Waals surface area contributed by atoms with Crippen molar-refractivity contribution in [3.63, 3.8) is 0 Å². The fourth-order valence-electron chi connectivity index (χ4n) is 3.77. The van der Waals surface area contributed by atoms with Crippen LogP contribution >= 0.6 is 0 Å². The first-order chi connectivity index (χ1) is 15.6. The second-order valence-electron chi connectivity index (χ2n) is 7.23. The number of rotatable bonds is 3. The molecule has 0 fully saturated rings. The number of amides is 1. The number of hydrogen-bond donors (Lipinski definition) is 2. The van der Waals surface area contributed by atoms with E-state index in [-0.39, 0.29) is 12.4 Å². The highest BCUT2D eigenvalue weighted by Crippen LogP contribution is 2.40. The molecule has 4 aromatic rings. The number of ether oxygens (including phenoxy) is 1. The number of aryl methyl sites for hydroxylation is 1. The third-order valence-corrected chi connectivity index (χ3v) is 5.25. The lowest BCUT2D eigenvalue weighted by Gasteiger charge is -2.38. The van der Waals surface area contributed by atoms with Crippen LogP contribution in [0.25, 0.3) is 5.65 Å². The molecule has 32 heavy (non-hydrogen) atoms. The number of hydrogen-bond acceptors (Lipinski definition) is 6. The lowest BCUT2D eigenvalue weighted by molar-refractivity contribution is -0.122. The number of carboxylic acid groups (broad SMARTS) is 1. The lowest BCUT2D eigenvalue weighted by atomic mass is 9.81. The topological polar surface area (TPSA) is 119 Å². The van der Waals surface area contributed by atoms with Crippen LogP contribution in [0.15, 0.2) is 67.1 Å². The smallest absolute Gasteiger partial charge is 0.290 e.